The lowest BCUT2D eigenvalue weighted by atomic mass is 10.3. The van der Waals surface area contributed by atoms with Gasteiger partial charge in [-0.25, -0.2) is 4.98 Å². The lowest BCUT2D eigenvalue weighted by Gasteiger charge is -2.14. The molecule has 1 heterocycles. The molecule has 6 heteroatoms. The minimum Gasteiger partial charge on any atom is -0.437 e. The summed E-state index contributed by atoms with van der Waals surface area (Å²) in [5.41, 5.74) is 0.885. The van der Waals surface area contributed by atoms with Gasteiger partial charge in [0.2, 0.25) is 5.88 Å². The van der Waals surface area contributed by atoms with Gasteiger partial charge in [0.05, 0.1) is 10.0 Å². The van der Waals surface area contributed by atoms with Crippen LogP contribution in [0.25, 0.3) is 0 Å². The van der Waals surface area contributed by atoms with Gasteiger partial charge in [-0.2, -0.15) is 4.98 Å². The highest BCUT2D eigenvalue weighted by Gasteiger charge is 2.12. The minimum atomic E-state index is 0.545. The largest absolute Gasteiger partial charge is 0.437 e. The van der Waals surface area contributed by atoms with E-state index in [4.69, 9.17) is 16.3 Å². The quantitative estimate of drug-likeness (QED) is 0.793. The molecule has 112 valence electrons. The second-order valence-electron chi connectivity index (χ2n) is 4.65. The van der Waals surface area contributed by atoms with Crippen molar-refractivity contribution in [2.45, 2.75) is 27.2 Å². The van der Waals surface area contributed by atoms with Gasteiger partial charge in [-0.3, -0.25) is 0 Å². The Hall–Kier alpha value is -1.33. The van der Waals surface area contributed by atoms with Crippen LogP contribution in [0.2, 0.25) is 5.02 Å². The molecular formula is C15H17BrClN3O. The Kier molecular flexibility index (Phi) is 5.42. The number of benzene rings is 1. The Labute approximate surface area is 138 Å². The Balaban J connectivity index is 2.32. The molecule has 0 bridgehead atoms. The standard InChI is InChI=1S/C15H17BrClN3O/c1-4-7-18-14-9(2)15(20-10(3)19-14)21-13-6-5-11(17)8-12(13)16/h5-6,8H,4,7H2,1-3H3,(H,18,19,20). The highest BCUT2D eigenvalue weighted by atomic mass is 79.9. The van der Waals surface area contributed by atoms with Crippen molar-refractivity contribution in [1.29, 1.82) is 0 Å². The van der Waals surface area contributed by atoms with E-state index in [9.17, 15) is 0 Å². The first-order valence-corrected chi connectivity index (χ1v) is 7.90. The molecule has 0 fully saturated rings. The van der Waals surface area contributed by atoms with Crippen molar-refractivity contribution < 1.29 is 4.74 Å². The van der Waals surface area contributed by atoms with Crippen molar-refractivity contribution in [3.05, 3.63) is 39.1 Å². The first kappa shape index (κ1) is 16.0. The number of nitrogens with one attached hydrogen (secondary N) is 1. The molecule has 0 spiro atoms. The van der Waals surface area contributed by atoms with E-state index < -0.39 is 0 Å². The van der Waals surface area contributed by atoms with Gasteiger partial charge < -0.3 is 10.1 Å². The van der Waals surface area contributed by atoms with Gasteiger partial charge >= 0.3 is 0 Å². The van der Waals surface area contributed by atoms with Crippen molar-refractivity contribution in [1.82, 2.24) is 9.97 Å². The Bertz CT molecular complexity index is 649. The fraction of sp³-hybridized carbons (Fsp3) is 0.333. The summed E-state index contributed by atoms with van der Waals surface area (Å²) in [6.45, 7) is 6.76. The van der Waals surface area contributed by atoms with Crippen molar-refractivity contribution in [3.63, 3.8) is 0 Å². The van der Waals surface area contributed by atoms with E-state index in [-0.39, 0.29) is 0 Å². The van der Waals surface area contributed by atoms with Crippen LogP contribution >= 0.6 is 27.5 Å². The summed E-state index contributed by atoms with van der Waals surface area (Å²) in [5, 5.41) is 3.94. The molecule has 0 saturated heterocycles. The molecule has 4 nitrogen and oxygen atoms in total. The maximum Gasteiger partial charge on any atom is 0.227 e. The fourth-order valence-corrected chi connectivity index (χ4v) is 2.54. The highest BCUT2D eigenvalue weighted by Crippen LogP contribution is 2.33. The normalized spacial score (nSPS) is 10.5. The number of hydrogen-bond donors (Lipinski definition) is 1. The molecule has 0 aliphatic carbocycles. The minimum absolute atomic E-state index is 0.545. The number of anilines is 1. The highest BCUT2D eigenvalue weighted by molar-refractivity contribution is 9.10. The SMILES string of the molecule is CCCNc1nc(C)nc(Oc2ccc(Cl)cc2Br)c1C. The number of rotatable bonds is 5. The maximum absolute atomic E-state index is 5.94. The Morgan fingerprint density at radius 2 is 2.05 bits per heavy atom. The molecule has 0 saturated carbocycles. The van der Waals surface area contributed by atoms with Crippen LogP contribution in [0.5, 0.6) is 11.6 Å². The lowest BCUT2D eigenvalue weighted by Crippen LogP contribution is -2.07. The Morgan fingerprint density at radius 1 is 1.29 bits per heavy atom. The third kappa shape index (κ3) is 4.08. The van der Waals surface area contributed by atoms with E-state index in [2.05, 4.69) is 38.1 Å². The number of ether oxygens (including phenoxy) is 1. The summed E-state index contributed by atoms with van der Waals surface area (Å²) in [6, 6.07) is 5.38. The second-order valence-corrected chi connectivity index (χ2v) is 5.94. The van der Waals surface area contributed by atoms with Crippen LogP contribution in [0.15, 0.2) is 22.7 Å². The summed E-state index contributed by atoms with van der Waals surface area (Å²) >= 11 is 9.38. The summed E-state index contributed by atoms with van der Waals surface area (Å²) in [5.74, 6) is 2.69. The Morgan fingerprint density at radius 3 is 2.71 bits per heavy atom. The second kappa shape index (κ2) is 7.09. The lowest BCUT2D eigenvalue weighted by molar-refractivity contribution is 0.453. The summed E-state index contributed by atoms with van der Waals surface area (Å²) in [4.78, 5) is 8.79. The molecule has 0 radical (unpaired) electrons. The zero-order valence-corrected chi connectivity index (χ0v) is 14.5. The molecule has 0 unspecified atom stereocenters. The third-order valence-electron chi connectivity index (χ3n) is 2.86. The van der Waals surface area contributed by atoms with Gasteiger partial charge in [0, 0.05) is 11.6 Å². The first-order valence-electron chi connectivity index (χ1n) is 6.73. The van der Waals surface area contributed by atoms with Crippen molar-refractivity contribution in [3.8, 4) is 11.6 Å². The van der Waals surface area contributed by atoms with Gasteiger partial charge in [-0.1, -0.05) is 18.5 Å². The third-order valence-corrected chi connectivity index (χ3v) is 3.71. The van der Waals surface area contributed by atoms with Crippen LogP contribution in [0.3, 0.4) is 0 Å². The van der Waals surface area contributed by atoms with E-state index >= 15 is 0 Å². The molecule has 0 aliphatic rings. The number of hydrogen-bond acceptors (Lipinski definition) is 4. The molecular weight excluding hydrogens is 354 g/mol. The van der Waals surface area contributed by atoms with Crippen molar-refractivity contribution >= 4 is 33.3 Å². The predicted octanol–water partition coefficient (Wildman–Crippen LogP) is 5.12. The monoisotopic (exact) mass is 369 g/mol. The van der Waals surface area contributed by atoms with Gasteiger partial charge in [-0.15, -0.1) is 0 Å². The summed E-state index contributed by atoms with van der Waals surface area (Å²) < 4.78 is 6.69. The molecule has 0 atom stereocenters. The van der Waals surface area contributed by atoms with E-state index in [1.54, 1.807) is 12.1 Å². The van der Waals surface area contributed by atoms with Crippen LogP contribution in [-0.2, 0) is 0 Å². The number of aryl methyl sites for hydroxylation is 1. The average Bonchev–Trinajstić information content (AvgIpc) is 2.43. The molecule has 1 N–H and O–H groups in total. The van der Waals surface area contributed by atoms with E-state index in [1.807, 2.05) is 19.9 Å². The predicted molar refractivity (Wildman–Crippen MR) is 89.5 cm³/mol. The van der Waals surface area contributed by atoms with Gasteiger partial charge in [0.25, 0.3) is 0 Å². The summed E-state index contributed by atoms with van der Waals surface area (Å²) in [6.07, 6.45) is 1.03. The molecule has 1 aromatic heterocycles. The van der Waals surface area contributed by atoms with Gasteiger partial charge in [-0.05, 0) is 54.4 Å². The topological polar surface area (TPSA) is 47.0 Å². The first-order chi connectivity index (χ1) is 10.0. The number of aromatic nitrogens is 2. The van der Waals surface area contributed by atoms with Crippen LogP contribution in [0.4, 0.5) is 5.82 Å². The molecule has 0 amide bonds. The molecule has 2 rings (SSSR count). The zero-order valence-electron chi connectivity index (χ0n) is 12.2. The zero-order chi connectivity index (χ0) is 15.4. The maximum atomic E-state index is 5.94. The van der Waals surface area contributed by atoms with Crippen LogP contribution in [0.1, 0.15) is 24.7 Å². The van der Waals surface area contributed by atoms with Crippen LogP contribution in [-0.4, -0.2) is 16.5 Å². The van der Waals surface area contributed by atoms with Crippen LogP contribution < -0.4 is 10.1 Å². The fourth-order valence-electron chi connectivity index (χ4n) is 1.78. The molecule has 0 aliphatic heterocycles. The van der Waals surface area contributed by atoms with E-state index in [1.165, 1.54) is 0 Å². The van der Waals surface area contributed by atoms with Crippen LogP contribution in [0, 0.1) is 13.8 Å². The molecule has 2 aromatic rings. The molecule has 1 aromatic carbocycles. The van der Waals surface area contributed by atoms with E-state index in [0.717, 1.165) is 28.8 Å². The summed E-state index contributed by atoms with van der Waals surface area (Å²) in [7, 11) is 0. The average molecular weight is 371 g/mol. The van der Waals surface area contributed by atoms with Gasteiger partial charge in [0.1, 0.15) is 17.4 Å². The smallest absolute Gasteiger partial charge is 0.227 e. The number of nitrogens with zero attached hydrogens (tertiary/aromatic N) is 2. The van der Waals surface area contributed by atoms with Crippen molar-refractivity contribution in [2.75, 3.05) is 11.9 Å². The van der Waals surface area contributed by atoms with E-state index in [0.29, 0.717) is 22.5 Å². The number of halogens is 2. The van der Waals surface area contributed by atoms with Crippen molar-refractivity contribution in [2.24, 2.45) is 0 Å². The molecule has 21 heavy (non-hydrogen) atoms. The van der Waals surface area contributed by atoms with Gasteiger partial charge in [0.15, 0.2) is 0 Å².